The maximum atomic E-state index is 15.7. The fraction of sp³-hybridized carbons (Fsp3) is 0.341. The summed E-state index contributed by atoms with van der Waals surface area (Å²) < 4.78 is 26.9. The van der Waals surface area contributed by atoms with E-state index in [-0.39, 0.29) is 41.2 Å². The Kier molecular flexibility index (Phi) is 12.3. The number of rotatable bonds is 15. The number of halogens is 1. The number of carbonyl (C=O) groups is 3. The van der Waals surface area contributed by atoms with Crippen LogP contribution in [0, 0.1) is 13.8 Å². The van der Waals surface area contributed by atoms with E-state index < -0.39 is 5.83 Å². The quantitative estimate of drug-likeness (QED) is 0.110. The van der Waals surface area contributed by atoms with Crippen LogP contribution >= 0.6 is 0 Å². The second kappa shape index (κ2) is 17.4. The molecule has 2 fully saturated rings. The van der Waals surface area contributed by atoms with Gasteiger partial charge < -0.3 is 36.1 Å². The van der Waals surface area contributed by atoms with Gasteiger partial charge in [-0.2, -0.15) is 0 Å². The van der Waals surface area contributed by atoms with E-state index in [1.165, 1.54) is 6.08 Å². The van der Waals surface area contributed by atoms with E-state index in [2.05, 4.69) is 36.6 Å². The highest BCUT2D eigenvalue weighted by Gasteiger charge is 2.22. The molecule has 2 atom stereocenters. The van der Waals surface area contributed by atoms with E-state index in [0.29, 0.717) is 61.8 Å². The number of ether oxygens (including phenoxy) is 2. The Balaban J connectivity index is 1.13. The maximum Gasteiger partial charge on any atom is 0.274 e. The molecule has 2 aliphatic rings. The zero-order valence-electron chi connectivity index (χ0n) is 31.0. The Morgan fingerprint density at radius 2 is 1.35 bits per heavy atom. The van der Waals surface area contributed by atoms with Crippen LogP contribution in [0.25, 0.3) is 23.0 Å². The number of nitrogens with zero attached hydrogens (tertiary/aromatic N) is 2. The third kappa shape index (κ3) is 9.10. The Hall–Kier alpha value is -5.66. The van der Waals surface area contributed by atoms with Gasteiger partial charge in [0.25, 0.3) is 5.91 Å². The van der Waals surface area contributed by atoms with Gasteiger partial charge >= 0.3 is 0 Å². The number of benzene rings is 2. The average molecular weight is 736 g/mol. The van der Waals surface area contributed by atoms with Crippen molar-refractivity contribution in [2.24, 2.45) is 0 Å². The number of hydrogen-bond acceptors (Lipinski definition) is 9. The minimum absolute atomic E-state index is 0.0671. The van der Waals surface area contributed by atoms with Crippen LogP contribution in [0.4, 0.5) is 10.1 Å². The van der Waals surface area contributed by atoms with Crippen molar-refractivity contribution in [2.75, 3.05) is 32.6 Å². The van der Waals surface area contributed by atoms with Crippen LogP contribution < -0.4 is 36.1 Å². The molecule has 2 aliphatic heterocycles. The predicted octanol–water partition coefficient (Wildman–Crippen LogP) is 5.23. The fourth-order valence-electron chi connectivity index (χ4n) is 6.82. The number of anilines is 1. The van der Waals surface area contributed by atoms with Gasteiger partial charge in [0.05, 0.1) is 14.2 Å². The van der Waals surface area contributed by atoms with Crippen molar-refractivity contribution in [1.82, 2.24) is 31.2 Å². The predicted molar refractivity (Wildman–Crippen MR) is 206 cm³/mol. The van der Waals surface area contributed by atoms with E-state index in [9.17, 15) is 14.4 Å². The third-order valence-electron chi connectivity index (χ3n) is 9.92. The van der Waals surface area contributed by atoms with Gasteiger partial charge in [-0.1, -0.05) is 30.3 Å². The minimum atomic E-state index is -0.508. The van der Waals surface area contributed by atoms with Gasteiger partial charge in [0.1, 0.15) is 28.7 Å². The zero-order valence-corrected chi connectivity index (χ0v) is 31.0. The number of methoxy groups -OCH3 is 2. The van der Waals surface area contributed by atoms with Crippen molar-refractivity contribution in [3.63, 3.8) is 0 Å². The van der Waals surface area contributed by atoms with Crippen LogP contribution in [-0.4, -0.2) is 67.1 Å². The summed E-state index contributed by atoms with van der Waals surface area (Å²) in [6, 6.07) is 14.8. The third-order valence-corrected chi connectivity index (χ3v) is 9.92. The number of hydrogen-bond donors (Lipinski definition) is 5. The molecule has 13 heteroatoms. The molecule has 12 nitrogen and oxygen atoms in total. The van der Waals surface area contributed by atoms with Crippen molar-refractivity contribution in [3.8, 4) is 22.6 Å². The molecule has 2 aromatic heterocycles. The lowest BCUT2D eigenvalue weighted by molar-refractivity contribution is -0.120. The normalized spacial score (nSPS) is 16.9. The van der Waals surface area contributed by atoms with E-state index in [0.717, 1.165) is 46.2 Å². The van der Waals surface area contributed by atoms with Gasteiger partial charge in [0.15, 0.2) is 0 Å². The largest absolute Gasteiger partial charge is 0.496 e. The van der Waals surface area contributed by atoms with Crippen LogP contribution in [0.5, 0.6) is 11.5 Å². The summed E-state index contributed by atoms with van der Waals surface area (Å²) in [5.41, 5.74) is 6.72. The molecule has 0 saturated carbocycles. The van der Waals surface area contributed by atoms with Gasteiger partial charge in [0, 0.05) is 92.4 Å². The van der Waals surface area contributed by atoms with Gasteiger partial charge in [-0.3, -0.25) is 24.4 Å². The van der Waals surface area contributed by atoms with Crippen molar-refractivity contribution < 1.29 is 28.2 Å². The van der Waals surface area contributed by atoms with Crippen LogP contribution in [-0.2, 0) is 22.7 Å². The maximum absolute atomic E-state index is 15.7. The Morgan fingerprint density at radius 1 is 0.815 bits per heavy atom. The molecule has 4 aromatic rings. The summed E-state index contributed by atoms with van der Waals surface area (Å²) in [6.45, 7) is 6.06. The van der Waals surface area contributed by atoms with Crippen LogP contribution in [0.2, 0.25) is 0 Å². The number of carbonyl (C=O) groups excluding carboxylic acids is 3. The highest BCUT2D eigenvalue weighted by molar-refractivity contribution is 6.04. The van der Waals surface area contributed by atoms with Crippen LogP contribution in [0.15, 0.2) is 60.9 Å². The highest BCUT2D eigenvalue weighted by Crippen LogP contribution is 2.34. The van der Waals surface area contributed by atoms with E-state index >= 15 is 4.39 Å². The van der Waals surface area contributed by atoms with Gasteiger partial charge in [-0.05, 0) is 66.6 Å². The van der Waals surface area contributed by atoms with Gasteiger partial charge in [-0.25, -0.2) is 4.39 Å². The molecule has 6 rings (SSSR count). The standard InChI is InChI=1S/C41H46FN7O5/c1-24-26(15-33(42)35-16-37(53-3)27(20-45-35)18-43-22-29-11-13-39(50)47-29)7-5-8-31(24)32-9-6-10-34(25(32)2)49-41(52)36-17-38(54-4)28(21-46-36)19-44-23-30-12-14-40(51)48-30/h5-10,15-17,20-21,29-30,43-44H,11-14,18-19,22-23H2,1-4H3,(H,47,50)(H,48,51)(H,49,52)/b33-15-. The average Bonchev–Trinajstić information content (AvgIpc) is 3.80. The van der Waals surface area contributed by atoms with Crippen LogP contribution in [0.1, 0.15) is 69.7 Å². The van der Waals surface area contributed by atoms with Gasteiger partial charge in [0.2, 0.25) is 11.8 Å². The van der Waals surface area contributed by atoms with E-state index in [1.807, 2.05) is 50.2 Å². The summed E-state index contributed by atoms with van der Waals surface area (Å²) in [5.74, 6) is 0.290. The van der Waals surface area contributed by atoms with Crippen LogP contribution in [0.3, 0.4) is 0 Å². The molecule has 0 spiro atoms. The molecular weight excluding hydrogens is 689 g/mol. The highest BCUT2D eigenvalue weighted by atomic mass is 19.1. The Labute approximate surface area is 314 Å². The first-order valence-corrected chi connectivity index (χ1v) is 18.1. The molecular formula is C41H46FN7O5. The molecule has 5 N–H and O–H groups in total. The lowest BCUT2D eigenvalue weighted by Gasteiger charge is -2.16. The van der Waals surface area contributed by atoms with Crippen molar-refractivity contribution in [3.05, 3.63) is 100 Å². The molecule has 282 valence electrons. The van der Waals surface area contributed by atoms with Crippen molar-refractivity contribution in [2.45, 2.75) is 64.7 Å². The zero-order chi connectivity index (χ0) is 38.2. The second-order valence-corrected chi connectivity index (χ2v) is 13.6. The molecule has 0 bridgehead atoms. The second-order valence-electron chi connectivity index (χ2n) is 13.6. The number of aromatic nitrogens is 2. The van der Waals surface area contributed by atoms with E-state index in [4.69, 9.17) is 9.47 Å². The monoisotopic (exact) mass is 735 g/mol. The lowest BCUT2D eigenvalue weighted by atomic mass is 9.92. The number of amides is 3. The van der Waals surface area contributed by atoms with Crippen molar-refractivity contribution >= 4 is 35.3 Å². The molecule has 2 aromatic carbocycles. The SMILES string of the molecule is COc1cc(C(=O)Nc2cccc(-c3cccc(/C=C(\F)c4cc(OC)c(CNCC5CCC(=O)N5)cn4)c3C)c2C)ncc1CNCC1CCC(=O)N1. The fourth-order valence-corrected chi connectivity index (χ4v) is 6.82. The topological polar surface area (TPSA) is 156 Å². The summed E-state index contributed by atoms with van der Waals surface area (Å²) >= 11 is 0. The number of nitrogens with one attached hydrogen (secondary N) is 5. The molecule has 2 unspecified atom stereocenters. The Morgan fingerprint density at radius 3 is 1.91 bits per heavy atom. The first-order valence-electron chi connectivity index (χ1n) is 18.1. The molecule has 3 amide bonds. The number of pyridine rings is 2. The summed E-state index contributed by atoms with van der Waals surface area (Å²) in [7, 11) is 3.09. The Bertz CT molecular complexity index is 2070. The van der Waals surface area contributed by atoms with Gasteiger partial charge in [-0.15, -0.1) is 0 Å². The van der Waals surface area contributed by atoms with Crippen molar-refractivity contribution in [1.29, 1.82) is 0 Å². The molecule has 54 heavy (non-hydrogen) atoms. The van der Waals surface area contributed by atoms with E-state index in [1.54, 1.807) is 38.7 Å². The summed E-state index contributed by atoms with van der Waals surface area (Å²) in [6.07, 6.45) is 7.37. The molecule has 2 saturated heterocycles. The first-order chi connectivity index (χ1) is 26.1. The smallest absolute Gasteiger partial charge is 0.274 e. The summed E-state index contributed by atoms with van der Waals surface area (Å²) in [5, 5.41) is 15.5. The first kappa shape index (κ1) is 38.1. The summed E-state index contributed by atoms with van der Waals surface area (Å²) in [4.78, 5) is 45.2. The lowest BCUT2D eigenvalue weighted by Crippen LogP contribution is -2.35. The molecule has 0 radical (unpaired) electrons. The molecule has 0 aliphatic carbocycles. The molecule has 4 heterocycles. The minimum Gasteiger partial charge on any atom is -0.496 e.